The number of aliphatic hydroxyl groups is 1. The fraction of sp³-hybridized carbons (Fsp3) is 0.457. The zero-order chi connectivity index (χ0) is 89.0. The Kier molecular flexibility index (Phi) is 43.6. The molecule has 4 aliphatic rings. The van der Waals surface area contributed by atoms with Gasteiger partial charge >= 0.3 is 71.6 Å². The van der Waals surface area contributed by atoms with E-state index in [0.717, 1.165) is 75.8 Å². The number of methoxy groups -OCH3 is 2. The lowest BCUT2D eigenvalue weighted by Gasteiger charge is -2.43. The topological polar surface area (TPSA) is 496 Å². The summed E-state index contributed by atoms with van der Waals surface area (Å²) in [5.74, 6) is -12.7. The second-order valence-corrected chi connectivity index (χ2v) is 27.9. The van der Waals surface area contributed by atoms with E-state index >= 15 is 0 Å². The minimum absolute atomic E-state index is 0. The summed E-state index contributed by atoms with van der Waals surface area (Å²) in [6, 6.07) is 45.4. The summed E-state index contributed by atoms with van der Waals surface area (Å²) in [5.41, 5.74) is 12.9. The summed E-state index contributed by atoms with van der Waals surface area (Å²) in [5, 5.41) is 10.4. The van der Waals surface area contributed by atoms with E-state index in [1.807, 2.05) is 78.9 Å². The molecule has 4 fully saturated rings. The first-order chi connectivity index (χ1) is 57.7. The average molecular weight is 1800 g/mol. The lowest BCUT2D eigenvalue weighted by molar-refractivity contribution is -0.299. The Morgan fingerprint density at radius 1 is 0.328 bits per heavy atom. The van der Waals surface area contributed by atoms with E-state index in [9.17, 15) is 72.2 Å². The van der Waals surface area contributed by atoms with Crippen LogP contribution in [0.1, 0.15) is 78.1 Å². The van der Waals surface area contributed by atoms with Crippen LogP contribution in [0, 0.1) is 0 Å². The van der Waals surface area contributed by atoms with E-state index in [-0.39, 0.29) is 33.9 Å². The molecular weight excluding hydrogens is 1700 g/mol. The van der Waals surface area contributed by atoms with E-state index in [4.69, 9.17) is 141 Å². The number of alkyl halides is 3. The van der Waals surface area contributed by atoms with Gasteiger partial charge in [-0.3, -0.25) is 57.5 Å². The maximum absolute atomic E-state index is 12.6. The highest BCUT2D eigenvalue weighted by Crippen LogP contribution is 2.39. The molecule has 666 valence electrons. The van der Waals surface area contributed by atoms with Crippen molar-refractivity contribution < 1.29 is 167 Å². The lowest BCUT2D eigenvalue weighted by Crippen LogP contribution is -2.64. The Bertz CT molecular complexity index is 4230. The number of primary amides is 2. The van der Waals surface area contributed by atoms with Gasteiger partial charge in [-0.25, -0.2) is 9.59 Å². The Balaban J connectivity index is 0.000000290. The van der Waals surface area contributed by atoms with Crippen molar-refractivity contribution in [1.29, 1.82) is 0 Å². The predicted octanol–water partition coefficient (Wildman–Crippen LogP) is 5.16. The molecule has 5 N–H and O–H groups in total. The number of benzene rings is 5. The van der Waals surface area contributed by atoms with Crippen LogP contribution in [0.15, 0.2) is 157 Å². The van der Waals surface area contributed by atoms with Gasteiger partial charge in [-0.05, 0) is 34.4 Å². The van der Waals surface area contributed by atoms with Crippen molar-refractivity contribution in [2.45, 2.75) is 209 Å². The monoisotopic (exact) mass is 1790 g/mol. The Morgan fingerprint density at radius 3 is 0.877 bits per heavy atom. The number of aliphatic hydroxyl groups excluding tert-OH is 1. The van der Waals surface area contributed by atoms with Crippen molar-refractivity contribution in [2.24, 2.45) is 11.5 Å². The summed E-state index contributed by atoms with van der Waals surface area (Å²) >= 11 is 17.9. The molecule has 4 heterocycles. The van der Waals surface area contributed by atoms with Gasteiger partial charge < -0.3 is 111 Å². The minimum atomic E-state index is -1.55. The number of halogens is 3. The normalized spacial score (nSPS) is 25.5. The molecule has 0 radical (unpaired) electrons. The zero-order valence-corrected chi connectivity index (χ0v) is 69.5. The fourth-order valence-corrected chi connectivity index (χ4v) is 13.2. The van der Waals surface area contributed by atoms with Gasteiger partial charge in [0.2, 0.25) is 24.8 Å². The van der Waals surface area contributed by atoms with Crippen LogP contribution in [0.3, 0.4) is 0 Å². The van der Waals surface area contributed by atoms with Crippen LogP contribution in [0.4, 0.5) is 0 Å². The molecular formula is C81H95Cl3N2O35S. The van der Waals surface area contributed by atoms with E-state index < -0.39 is 223 Å². The smallest absolute Gasteiger partial charge is 0.339 e. The molecule has 8 unspecified atom stereocenters. The number of nitrogens with two attached hydrogens (primary N) is 2. The summed E-state index contributed by atoms with van der Waals surface area (Å²) in [4.78, 5) is 167. The van der Waals surface area contributed by atoms with Crippen molar-refractivity contribution in [3.8, 4) is 0 Å². The zero-order valence-electron chi connectivity index (χ0n) is 66.5. The minimum Gasteiger partial charge on any atom is -0.467 e. The van der Waals surface area contributed by atoms with Gasteiger partial charge in [-0.1, -0.05) is 159 Å². The summed E-state index contributed by atoms with van der Waals surface area (Å²) in [7, 11) is 2.30. The second-order valence-electron chi connectivity index (χ2n) is 25.9. The van der Waals surface area contributed by atoms with E-state index in [0.29, 0.717) is 0 Å². The first-order valence-electron chi connectivity index (χ1n) is 36.6. The summed E-state index contributed by atoms with van der Waals surface area (Å²) < 4.78 is 108. The third kappa shape index (κ3) is 32.4. The number of carbonyl (C=O) groups is 14. The third-order valence-electron chi connectivity index (χ3n) is 16.8. The SMILES string of the molecule is C.CC(=O)OC1[C@H](OC(C)=O)OC(C(N)=O)[C@@H](O)[C@H]1OCc1ccccc1.CC(=O)OC1[C@H](OC(C)=O)OC(C(N)=O)[C@@H](OC(=O)CCl)[C@H]1OCc1ccccc1.COC(=O)C1O[C@@H](OC(C)=O)C(OC(C)=O)[C@H](OCc2ccccc2)[C@@H]1OC(=O)CCl.COC(=O)C1O[C@@H](Sc2ccccc2)C(OC(C)=O)[C@H](OCc2ccccc2)[C@@H]1OC(=O)CCl. The molecule has 9 rings (SSSR count). The molecule has 4 aliphatic heterocycles. The molecule has 5 aromatic carbocycles. The lowest BCUT2D eigenvalue weighted by atomic mass is 9.97. The van der Waals surface area contributed by atoms with Crippen LogP contribution < -0.4 is 11.5 Å². The number of carbonyl (C=O) groups excluding carboxylic acids is 14. The average Bonchev–Trinajstić information content (AvgIpc) is 0.796. The Morgan fingerprint density at radius 2 is 0.582 bits per heavy atom. The van der Waals surface area contributed by atoms with Crippen LogP contribution in [-0.2, 0) is 188 Å². The molecule has 0 aliphatic carbocycles. The highest BCUT2D eigenvalue weighted by molar-refractivity contribution is 7.99. The van der Waals surface area contributed by atoms with Gasteiger partial charge in [0.05, 0.1) is 40.6 Å². The van der Waals surface area contributed by atoms with Gasteiger partial charge in [0.15, 0.2) is 67.1 Å². The first kappa shape index (κ1) is 102. The number of hydrogen-bond donors (Lipinski definition) is 3. The molecule has 0 spiro atoms. The van der Waals surface area contributed by atoms with Crippen LogP contribution in [0.2, 0.25) is 0 Å². The third-order valence-corrected chi connectivity index (χ3v) is 18.6. The molecule has 0 bridgehead atoms. The van der Waals surface area contributed by atoms with Crippen LogP contribution in [0.25, 0.3) is 0 Å². The maximum atomic E-state index is 12.6. The van der Waals surface area contributed by atoms with Gasteiger partial charge in [-0.2, -0.15) is 0 Å². The fourth-order valence-electron chi connectivity index (χ4n) is 11.9. The number of amides is 2. The molecule has 122 heavy (non-hydrogen) atoms. The molecule has 2 amide bonds. The summed E-state index contributed by atoms with van der Waals surface area (Å²) in [6.07, 6.45) is -25.7. The molecule has 37 nitrogen and oxygen atoms in total. The van der Waals surface area contributed by atoms with E-state index in [1.165, 1.54) is 25.8 Å². The first-order valence-corrected chi connectivity index (χ1v) is 39.0. The number of rotatable bonds is 31. The predicted molar refractivity (Wildman–Crippen MR) is 421 cm³/mol. The molecule has 0 saturated carbocycles. The molecule has 5 aromatic rings. The molecule has 0 aromatic heterocycles. The van der Waals surface area contributed by atoms with Gasteiger partial charge in [0.1, 0.15) is 53.6 Å². The van der Waals surface area contributed by atoms with Gasteiger partial charge in [0.25, 0.3) is 5.91 Å². The highest BCUT2D eigenvalue weighted by atomic mass is 35.5. The quantitative estimate of drug-likeness (QED) is 0.0293. The molecule has 20 atom stereocenters. The number of thioether (sulfide) groups is 1. The van der Waals surface area contributed by atoms with Crippen LogP contribution >= 0.6 is 46.6 Å². The standard InChI is InChI=1S/C24H25ClO8S.C20H23ClO10.C19H22ClNO9.C17H21NO8.CH4/c1-15(26)31-22-19(30-14-16-9-5-3-6-10-16)20(32-18(27)13-25)21(23(28)29-2)33-24(22)34-17-11-7-4-8-12-17;1-11(22)28-18-15(27-10-13-7-5-4-6-8-13)16(30-14(24)9-21)17(19(25)26-3)31-20(18)29-12(2)23;1-10(22)27-17-14(26-9-12-6-4-3-5-7-12)15(29-13(24)8-20)16(18(21)25)30-19(17)28-11(2)23;1-9(19)24-15-13(23-8-11-6-4-3-5-7-11)12(21)14(16(18)22)26-17(15)25-10(2)20;/h3-12,19-22,24H,13-14H2,1-2H3;4-8,15-18,20H,9-10H2,1-3H3;3-7,14-17,19H,8-9H2,1-2H3,(H2,21,25);3-7,12-15,17,21H,8H2,1-2H3,(H2,18,22);1H4/t19-,20+,21?,22?,24+;15-,16+,17?,18?,20-;14-,15+,16?,17?,19-;12-,13+,14?,15?,17+;/m1110./s1. The number of hydrogen-bond acceptors (Lipinski definition) is 36. The number of esters is 12. The second kappa shape index (κ2) is 52.1. The Labute approximate surface area is 719 Å². The molecule has 41 heteroatoms. The van der Waals surface area contributed by atoms with Gasteiger partial charge in [0, 0.05) is 53.4 Å². The van der Waals surface area contributed by atoms with Crippen molar-refractivity contribution in [3.63, 3.8) is 0 Å². The highest BCUT2D eigenvalue weighted by Gasteiger charge is 2.58. The van der Waals surface area contributed by atoms with E-state index in [2.05, 4.69) is 0 Å². The maximum Gasteiger partial charge on any atom is 0.339 e. The molecule has 4 saturated heterocycles. The Hall–Kier alpha value is -10.5. The number of ether oxygens (including phenoxy) is 20. The van der Waals surface area contributed by atoms with Crippen molar-refractivity contribution in [3.05, 3.63) is 174 Å². The van der Waals surface area contributed by atoms with Gasteiger partial charge in [-0.15, -0.1) is 34.8 Å². The van der Waals surface area contributed by atoms with E-state index in [1.54, 1.807) is 72.8 Å². The van der Waals surface area contributed by atoms with Crippen LogP contribution in [-0.4, -0.2) is 242 Å². The van der Waals surface area contributed by atoms with Crippen LogP contribution in [0.5, 0.6) is 0 Å². The van der Waals surface area contributed by atoms with Crippen molar-refractivity contribution >= 4 is 130 Å². The van der Waals surface area contributed by atoms with Crippen molar-refractivity contribution in [1.82, 2.24) is 0 Å². The summed E-state index contributed by atoms with van der Waals surface area (Å²) in [6.45, 7) is 8.15. The largest absolute Gasteiger partial charge is 0.467 e. The van der Waals surface area contributed by atoms with Crippen molar-refractivity contribution in [2.75, 3.05) is 31.9 Å².